The second-order valence-electron chi connectivity index (χ2n) is 4.59. The summed E-state index contributed by atoms with van der Waals surface area (Å²) in [7, 11) is 0. The minimum absolute atomic E-state index is 0.155. The molecule has 2 rings (SSSR count). The molecule has 0 aromatic heterocycles. The van der Waals surface area contributed by atoms with Crippen LogP contribution in [-0.4, -0.2) is 34.6 Å². The van der Waals surface area contributed by atoms with Crippen molar-refractivity contribution in [2.45, 2.75) is 0 Å². The van der Waals surface area contributed by atoms with E-state index in [-0.39, 0.29) is 12.1 Å². The molecule has 7 N–H and O–H groups in total. The molecule has 2 aromatic rings. The van der Waals surface area contributed by atoms with E-state index in [2.05, 4.69) is 5.32 Å². The van der Waals surface area contributed by atoms with Gasteiger partial charge in [-0.3, -0.25) is 9.59 Å². The molecule has 0 unspecified atom stereocenters. The van der Waals surface area contributed by atoms with Gasteiger partial charge in [0, 0.05) is 16.9 Å². The number of benzene rings is 2. The molecule has 0 atom stereocenters. The summed E-state index contributed by atoms with van der Waals surface area (Å²) in [6, 6.07) is 12.6. The number of aliphatic carboxylic acids is 1. The zero-order chi connectivity index (χ0) is 18.1. The van der Waals surface area contributed by atoms with Crippen molar-refractivity contribution in [2.75, 3.05) is 18.0 Å². The van der Waals surface area contributed by atoms with Crippen molar-refractivity contribution >= 4 is 29.2 Å². The molecule has 24 heavy (non-hydrogen) atoms. The van der Waals surface area contributed by atoms with Gasteiger partial charge in [-0.1, -0.05) is 12.1 Å². The molecular formula is C16H17N3O5. The van der Waals surface area contributed by atoms with Crippen molar-refractivity contribution in [1.29, 1.82) is 0 Å². The number of aromatic carboxylic acids is 1. The Kier molecular flexibility index (Phi) is 6.77. The normalized spacial score (nSPS) is 9.33. The van der Waals surface area contributed by atoms with Crippen LogP contribution in [0.2, 0.25) is 0 Å². The lowest BCUT2D eigenvalue weighted by molar-refractivity contribution is -0.135. The van der Waals surface area contributed by atoms with E-state index in [9.17, 15) is 14.4 Å². The number of hydrogen-bond donors (Lipinski definition) is 5. The maximum absolute atomic E-state index is 11.2. The van der Waals surface area contributed by atoms with Crippen LogP contribution in [0.4, 0.5) is 11.4 Å². The standard InChI is InChI=1S/C9H10N2O3.C7H7NO2/c10-7-3-1-6(2-4-7)9(14)11-5-8(12)13;8-6-4-2-1-3-5(6)7(9)10/h1-4H,5,10H2,(H,11,14)(H,12,13);1-4H,8H2,(H,9,10). The smallest absolute Gasteiger partial charge is 0.337 e. The largest absolute Gasteiger partial charge is 0.480 e. The van der Waals surface area contributed by atoms with Gasteiger partial charge in [-0.2, -0.15) is 0 Å². The first-order valence-electron chi connectivity index (χ1n) is 6.74. The Hall–Kier alpha value is -3.55. The number of carboxylic acids is 2. The lowest BCUT2D eigenvalue weighted by Gasteiger charge is -2.01. The number of nitrogens with two attached hydrogens (primary N) is 2. The first kappa shape index (κ1) is 18.5. The minimum atomic E-state index is -1.08. The predicted octanol–water partition coefficient (Wildman–Crippen LogP) is 1.05. The summed E-state index contributed by atoms with van der Waals surface area (Å²) in [6.45, 7) is -0.386. The maximum atomic E-state index is 11.2. The number of rotatable bonds is 4. The van der Waals surface area contributed by atoms with Gasteiger partial charge in [-0.25, -0.2) is 4.79 Å². The summed E-state index contributed by atoms with van der Waals surface area (Å²) < 4.78 is 0. The highest BCUT2D eigenvalue weighted by molar-refractivity contribution is 5.96. The Bertz CT molecular complexity index is 729. The Morgan fingerprint density at radius 2 is 1.50 bits per heavy atom. The van der Waals surface area contributed by atoms with Crippen LogP contribution >= 0.6 is 0 Å². The third-order valence-corrected chi connectivity index (χ3v) is 2.76. The fourth-order valence-electron chi connectivity index (χ4n) is 1.58. The van der Waals surface area contributed by atoms with Crippen LogP contribution in [0, 0.1) is 0 Å². The highest BCUT2D eigenvalue weighted by Gasteiger charge is 2.06. The quantitative estimate of drug-likeness (QED) is 0.524. The molecule has 0 fully saturated rings. The predicted molar refractivity (Wildman–Crippen MR) is 88.6 cm³/mol. The highest BCUT2D eigenvalue weighted by atomic mass is 16.4. The van der Waals surface area contributed by atoms with Crippen molar-refractivity contribution in [3.05, 3.63) is 59.7 Å². The summed E-state index contributed by atoms with van der Waals surface area (Å²) in [5.41, 5.74) is 12.2. The van der Waals surface area contributed by atoms with Gasteiger partial charge in [0.05, 0.1) is 5.56 Å². The van der Waals surface area contributed by atoms with E-state index in [1.165, 1.54) is 18.2 Å². The molecule has 1 amide bonds. The average molecular weight is 331 g/mol. The summed E-state index contributed by atoms with van der Waals surface area (Å²) in [5, 5.41) is 19.0. The van der Waals surface area contributed by atoms with Crippen molar-refractivity contribution in [2.24, 2.45) is 0 Å². The van der Waals surface area contributed by atoms with E-state index in [1.807, 2.05) is 0 Å². The van der Waals surface area contributed by atoms with Crippen LogP contribution < -0.4 is 16.8 Å². The zero-order valence-electron chi connectivity index (χ0n) is 12.6. The van der Waals surface area contributed by atoms with Gasteiger partial charge in [0.2, 0.25) is 0 Å². The lowest BCUT2D eigenvalue weighted by atomic mass is 10.2. The highest BCUT2D eigenvalue weighted by Crippen LogP contribution is 2.09. The van der Waals surface area contributed by atoms with Crippen molar-refractivity contribution in [3.63, 3.8) is 0 Å². The first-order valence-corrected chi connectivity index (χ1v) is 6.74. The van der Waals surface area contributed by atoms with Gasteiger partial charge in [0.15, 0.2) is 0 Å². The Morgan fingerprint density at radius 3 is 1.96 bits per heavy atom. The summed E-state index contributed by atoms with van der Waals surface area (Å²) in [6.07, 6.45) is 0. The molecule has 0 spiro atoms. The fraction of sp³-hybridized carbons (Fsp3) is 0.0625. The van der Waals surface area contributed by atoms with E-state index in [0.717, 1.165) is 0 Å². The number of para-hydroxylation sites is 1. The molecule has 2 aromatic carbocycles. The molecule has 0 saturated carbocycles. The van der Waals surface area contributed by atoms with Crippen LogP contribution in [-0.2, 0) is 4.79 Å². The Labute approximate surface area is 137 Å². The minimum Gasteiger partial charge on any atom is -0.480 e. The van der Waals surface area contributed by atoms with Gasteiger partial charge in [-0.05, 0) is 36.4 Å². The molecule has 0 bridgehead atoms. The maximum Gasteiger partial charge on any atom is 0.337 e. The van der Waals surface area contributed by atoms with Crippen molar-refractivity contribution in [3.8, 4) is 0 Å². The molecule has 0 heterocycles. The van der Waals surface area contributed by atoms with E-state index >= 15 is 0 Å². The number of amides is 1. The van der Waals surface area contributed by atoms with E-state index in [4.69, 9.17) is 21.7 Å². The molecule has 0 aliphatic carbocycles. The first-order chi connectivity index (χ1) is 11.3. The van der Waals surface area contributed by atoms with Crippen LogP contribution in [0.3, 0.4) is 0 Å². The van der Waals surface area contributed by atoms with Gasteiger partial charge in [0.1, 0.15) is 6.54 Å². The van der Waals surface area contributed by atoms with Crippen LogP contribution in [0.25, 0.3) is 0 Å². The summed E-state index contributed by atoms with van der Waals surface area (Å²) >= 11 is 0. The summed E-state index contributed by atoms with van der Waals surface area (Å²) in [4.78, 5) is 31.7. The van der Waals surface area contributed by atoms with Crippen LogP contribution in [0.15, 0.2) is 48.5 Å². The van der Waals surface area contributed by atoms with E-state index < -0.39 is 17.8 Å². The lowest BCUT2D eigenvalue weighted by Crippen LogP contribution is -2.29. The SMILES string of the molecule is Nc1ccc(C(=O)NCC(=O)O)cc1.Nc1ccccc1C(=O)O. The number of nitrogens with one attached hydrogen (secondary N) is 1. The Morgan fingerprint density at radius 1 is 0.917 bits per heavy atom. The third kappa shape index (κ3) is 6.06. The topological polar surface area (TPSA) is 156 Å². The Balaban J connectivity index is 0.000000254. The van der Waals surface area contributed by atoms with Crippen molar-refractivity contribution in [1.82, 2.24) is 5.32 Å². The average Bonchev–Trinajstić information content (AvgIpc) is 2.54. The van der Waals surface area contributed by atoms with Crippen LogP contribution in [0.1, 0.15) is 20.7 Å². The molecule has 0 saturated heterocycles. The second kappa shape index (κ2) is 8.79. The zero-order valence-corrected chi connectivity index (χ0v) is 12.6. The molecule has 126 valence electrons. The van der Waals surface area contributed by atoms with Gasteiger partial charge >= 0.3 is 11.9 Å². The molecular weight excluding hydrogens is 314 g/mol. The number of anilines is 2. The van der Waals surface area contributed by atoms with Gasteiger partial charge in [-0.15, -0.1) is 0 Å². The van der Waals surface area contributed by atoms with Gasteiger partial charge < -0.3 is 27.0 Å². The van der Waals surface area contributed by atoms with E-state index in [1.54, 1.807) is 30.3 Å². The molecule has 8 nitrogen and oxygen atoms in total. The number of carboxylic acid groups (broad SMARTS) is 2. The summed E-state index contributed by atoms with van der Waals surface area (Å²) in [5.74, 6) is -2.49. The van der Waals surface area contributed by atoms with Crippen LogP contribution in [0.5, 0.6) is 0 Å². The molecule has 0 radical (unpaired) electrons. The fourth-order valence-corrected chi connectivity index (χ4v) is 1.58. The number of nitrogen functional groups attached to an aromatic ring is 2. The molecule has 0 aliphatic rings. The second-order valence-corrected chi connectivity index (χ2v) is 4.59. The number of carbonyl (C=O) groups excluding carboxylic acids is 1. The van der Waals surface area contributed by atoms with E-state index in [0.29, 0.717) is 16.9 Å². The monoisotopic (exact) mass is 331 g/mol. The van der Waals surface area contributed by atoms with Crippen molar-refractivity contribution < 1.29 is 24.6 Å². The van der Waals surface area contributed by atoms with Gasteiger partial charge in [0.25, 0.3) is 5.91 Å². The molecule has 0 aliphatic heterocycles. The third-order valence-electron chi connectivity index (χ3n) is 2.76. The number of carbonyl (C=O) groups is 3. The number of hydrogen-bond acceptors (Lipinski definition) is 5. The molecule has 8 heteroatoms.